The number of rotatable bonds is 5. The van der Waals surface area contributed by atoms with Gasteiger partial charge in [0.25, 0.3) is 5.89 Å². The second-order valence-electron chi connectivity index (χ2n) is 4.10. The third-order valence-corrected chi connectivity index (χ3v) is 2.60. The first-order chi connectivity index (χ1) is 9.10. The van der Waals surface area contributed by atoms with Crippen LogP contribution in [-0.2, 0) is 13.0 Å². The van der Waals surface area contributed by atoms with E-state index in [4.69, 9.17) is 9.26 Å². The lowest BCUT2D eigenvalue weighted by atomic mass is 10.1. The van der Waals surface area contributed by atoms with Gasteiger partial charge in [-0.1, -0.05) is 12.1 Å². The topological polar surface area (TPSA) is 68.4 Å². The lowest BCUT2D eigenvalue weighted by Crippen LogP contribution is -2.02. The van der Waals surface area contributed by atoms with Gasteiger partial charge in [-0.3, -0.25) is 0 Å². The third-order valence-electron chi connectivity index (χ3n) is 2.60. The van der Waals surface area contributed by atoms with E-state index >= 15 is 0 Å². The number of aromatic nitrogens is 2. The first kappa shape index (κ1) is 13.5. The SMILES string of the molecule is CCc1noc(COc2ccc(F)cc2[C@H](C)O)n1. The van der Waals surface area contributed by atoms with Gasteiger partial charge >= 0.3 is 0 Å². The molecule has 1 atom stereocenters. The van der Waals surface area contributed by atoms with Gasteiger partial charge in [-0.15, -0.1) is 0 Å². The first-order valence-electron chi connectivity index (χ1n) is 6.02. The maximum atomic E-state index is 13.1. The Morgan fingerprint density at radius 3 is 2.89 bits per heavy atom. The molecule has 2 aromatic rings. The minimum absolute atomic E-state index is 0.0817. The molecule has 0 radical (unpaired) electrons. The Labute approximate surface area is 110 Å². The van der Waals surface area contributed by atoms with Crippen molar-refractivity contribution in [3.8, 4) is 5.75 Å². The molecule has 19 heavy (non-hydrogen) atoms. The molecule has 102 valence electrons. The Balaban J connectivity index is 2.10. The minimum atomic E-state index is -0.820. The van der Waals surface area contributed by atoms with Crippen molar-refractivity contribution in [3.63, 3.8) is 0 Å². The van der Waals surface area contributed by atoms with E-state index in [2.05, 4.69) is 10.1 Å². The monoisotopic (exact) mass is 266 g/mol. The molecule has 0 aliphatic carbocycles. The van der Waals surface area contributed by atoms with Crippen molar-refractivity contribution < 1.29 is 18.8 Å². The van der Waals surface area contributed by atoms with Gasteiger partial charge < -0.3 is 14.4 Å². The molecular formula is C13H15FN2O3. The molecule has 0 unspecified atom stereocenters. The smallest absolute Gasteiger partial charge is 0.264 e. The quantitative estimate of drug-likeness (QED) is 0.900. The molecule has 1 aromatic carbocycles. The van der Waals surface area contributed by atoms with E-state index in [1.165, 1.54) is 18.2 Å². The normalized spacial score (nSPS) is 12.4. The van der Waals surface area contributed by atoms with E-state index in [0.29, 0.717) is 29.4 Å². The molecule has 1 aromatic heterocycles. The van der Waals surface area contributed by atoms with Crippen molar-refractivity contribution in [2.45, 2.75) is 33.0 Å². The standard InChI is InChI=1S/C13H15FN2O3/c1-3-12-15-13(19-16-12)7-18-11-5-4-9(14)6-10(11)8(2)17/h4-6,8,17H,3,7H2,1-2H3/t8-/m0/s1. The van der Waals surface area contributed by atoms with Crippen LogP contribution in [0.3, 0.4) is 0 Å². The van der Waals surface area contributed by atoms with Gasteiger partial charge in [-0.25, -0.2) is 4.39 Å². The Bertz CT molecular complexity index is 555. The van der Waals surface area contributed by atoms with Gasteiger partial charge in [0.2, 0.25) is 0 Å². The summed E-state index contributed by atoms with van der Waals surface area (Å²) in [5.74, 6) is 0.924. The molecule has 0 spiro atoms. The number of hydrogen-bond acceptors (Lipinski definition) is 5. The predicted octanol–water partition coefficient (Wildman–Crippen LogP) is 2.40. The predicted molar refractivity (Wildman–Crippen MR) is 65.0 cm³/mol. The van der Waals surface area contributed by atoms with Crippen LogP contribution >= 0.6 is 0 Å². The van der Waals surface area contributed by atoms with E-state index in [-0.39, 0.29) is 6.61 Å². The number of aliphatic hydroxyl groups is 1. The van der Waals surface area contributed by atoms with Crippen LogP contribution in [0.15, 0.2) is 22.7 Å². The van der Waals surface area contributed by atoms with Crippen LogP contribution in [-0.4, -0.2) is 15.2 Å². The summed E-state index contributed by atoms with van der Waals surface area (Å²) in [7, 11) is 0. The number of hydrogen-bond donors (Lipinski definition) is 1. The summed E-state index contributed by atoms with van der Waals surface area (Å²) in [5.41, 5.74) is 0.384. The van der Waals surface area contributed by atoms with Crippen LogP contribution in [0.25, 0.3) is 0 Å². The van der Waals surface area contributed by atoms with Crippen LogP contribution < -0.4 is 4.74 Å². The molecule has 1 heterocycles. The molecule has 0 bridgehead atoms. The zero-order valence-corrected chi connectivity index (χ0v) is 10.8. The van der Waals surface area contributed by atoms with Gasteiger partial charge in [-0.2, -0.15) is 4.98 Å². The van der Waals surface area contributed by atoms with E-state index in [9.17, 15) is 9.50 Å². The van der Waals surface area contributed by atoms with Gasteiger partial charge in [0.1, 0.15) is 11.6 Å². The molecule has 1 N–H and O–H groups in total. The fraction of sp³-hybridized carbons (Fsp3) is 0.385. The average Bonchev–Trinajstić information content (AvgIpc) is 2.85. The number of aryl methyl sites for hydroxylation is 1. The zero-order chi connectivity index (χ0) is 13.8. The van der Waals surface area contributed by atoms with Crippen LogP contribution in [0, 0.1) is 5.82 Å². The highest BCUT2D eigenvalue weighted by Gasteiger charge is 2.12. The van der Waals surface area contributed by atoms with Gasteiger partial charge in [0.05, 0.1) is 6.10 Å². The average molecular weight is 266 g/mol. The fourth-order valence-corrected chi connectivity index (χ4v) is 1.61. The van der Waals surface area contributed by atoms with Crippen molar-refractivity contribution in [1.82, 2.24) is 10.1 Å². The van der Waals surface area contributed by atoms with Crippen molar-refractivity contribution in [1.29, 1.82) is 0 Å². The Morgan fingerprint density at radius 1 is 1.47 bits per heavy atom. The van der Waals surface area contributed by atoms with Crippen LogP contribution in [0.2, 0.25) is 0 Å². The molecular weight excluding hydrogens is 251 g/mol. The van der Waals surface area contributed by atoms with Crippen molar-refractivity contribution in [2.75, 3.05) is 0 Å². The molecule has 6 heteroatoms. The summed E-state index contributed by atoms with van der Waals surface area (Å²) in [6, 6.07) is 3.98. The summed E-state index contributed by atoms with van der Waals surface area (Å²) >= 11 is 0. The van der Waals surface area contributed by atoms with Crippen LogP contribution in [0.5, 0.6) is 5.75 Å². The van der Waals surface area contributed by atoms with E-state index in [1.54, 1.807) is 6.92 Å². The Morgan fingerprint density at radius 2 is 2.26 bits per heavy atom. The number of ether oxygens (including phenoxy) is 1. The highest BCUT2D eigenvalue weighted by molar-refractivity contribution is 5.35. The Hall–Kier alpha value is -1.95. The second kappa shape index (κ2) is 5.79. The van der Waals surface area contributed by atoms with Crippen molar-refractivity contribution in [2.24, 2.45) is 0 Å². The van der Waals surface area contributed by atoms with Gasteiger partial charge in [0.15, 0.2) is 12.4 Å². The molecule has 2 rings (SSSR count). The zero-order valence-electron chi connectivity index (χ0n) is 10.8. The summed E-state index contributed by atoms with van der Waals surface area (Å²) in [4.78, 5) is 4.10. The molecule has 0 aliphatic heterocycles. The maximum absolute atomic E-state index is 13.1. The van der Waals surface area contributed by atoms with Crippen LogP contribution in [0.4, 0.5) is 4.39 Å². The lowest BCUT2D eigenvalue weighted by Gasteiger charge is -2.12. The maximum Gasteiger partial charge on any atom is 0.264 e. The molecule has 0 saturated heterocycles. The minimum Gasteiger partial charge on any atom is -0.483 e. The summed E-state index contributed by atoms with van der Waals surface area (Å²) in [5, 5.41) is 13.3. The molecule has 0 amide bonds. The number of benzene rings is 1. The number of nitrogens with zero attached hydrogens (tertiary/aromatic N) is 2. The number of halogens is 1. The van der Waals surface area contributed by atoms with Gasteiger partial charge in [-0.05, 0) is 25.1 Å². The van der Waals surface area contributed by atoms with Crippen LogP contribution in [0.1, 0.15) is 37.2 Å². The lowest BCUT2D eigenvalue weighted by molar-refractivity contribution is 0.184. The largest absolute Gasteiger partial charge is 0.483 e. The fourth-order valence-electron chi connectivity index (χ4n) is 1.61. The Kier molecular flexibility index (Phi) is 4.11. The van der Waals surface area contributed by atoms with Crippen molar-refractivity contribution >= 4 is 0 Å². The summed E-state index contributed by atoms with van der Waals surface area (Å²) in [6.45, 7) is 3.54. The number of aliphatic hydroxyl groups excluding tert-OH is 1. The summed E-state index contributed by atoms with van der Waals surface area (Å²) < 4.78 is 23.6. The van der Waals surface area contributed by atoms with Gasteiger partial charge in [0, 0.05) is 12.0 Å². The molecule has 0 fully saturated rings. The molecule has 5 nitrogen and oxygen atoms in total. The molecule has 0 aliphatic rings. The highest BCUT2D eigenvalue weighted by Crippen LogP contribution is 2.26. The first-order valence-corrected chi connectivity index (χ1v) is 6.02. The van der Waals surface area contributed by atoms with E-state index in [1.807, 2.05) is 6.92 Å². The molecule has 0 saturated carbocycles. The highest BCUT2D eigenvalue weighted by atomic mass is 19.1. The summed E-state index contributed by atoms with van der Waals surface area (Å²) in [6.07, 6.45) is -0.140. The van der Waals surface area contributed by atoms with E-state index < -0.39 is 11.9 Å². The third kappa shape index (κ3) is 3.29. The second-order valence-corrected chi connectivity index (χ2v) is 4.10. The van der Waals surface area contributed by atoms with E-state index in [0.717, 1.165) is 0 Å². The van der Waals surface area contributed by atoms with Crippen molar-refractivity contribution in [3.05, 3.63) is 41.3 Å².